The average molecular weight is 420 g/mol. The zero-order valence-electron chi connectivity index (χ0n) is 15.8. The van der Waals surface area contributed by atoms with Crippen LogP contribution in [0, 0.1) is 0 Å². The average Bonchev–Trinajstić information content (AvgIpc) is 3.44. The number of fused-ring (bicyclic) bond motifs is 1. The Hall–Kier alpha value is -3.58. The van der Waals surface area contributed by atoms with Gasteiger partial charge in [-0.15, -0.1) is 5.10 Å². The molecule has 4 aromatic rings. The Morgan fingerprint density at radius 3 is 2.67 bits per heavy atom. The molecule has 0 spiro atoms. The van der Waals surface area contributed by atoms with Gasteiger partial charge >= 0.3 is 0 Å². The number of aromatic nitrogens is 3. The van der Waals surface area contributed by atoms with E-state index in [9.17, 15) is 4.79 Å². The number of carbonyl (C=O) groups excluding carboxylic acids is 1. The summed E-state index contributed by atoms with van der Waals surface area (Å²) in [6.07, 6.45) is 2.18. The van der Waals surface area contributed by atoms with Crippen molar-refractivity contribution in [1.82, 2.24) is 14.8 Å². The molecule has 0 saturated carbocycles. The van der Waals surface area contributed by atoms with E-state index in [1.807, 2.05) is 42.5 Å². The summed E-state index contributed by atoms with van der Waals surface area (Å²) in [6, 6.07) is 21.0. The van der Waals surface area contributed by atoms with E-state index in [0.717, 1.165) is 17.5 Å². The zero-order chi connectivity index (χ0) is 20.5. The Bertz CT molecular complexity index is 1170. The highest BCUT2D eigenvalue weighted by Gasteiger charge is 2.32. The number of furan rings is 1. The van der Waals surface area contributed by atoms with Gasteiger partial charge in [-0.3, -0.25) is 10.1 Å². The number of halogens is 1. The largest absolute Gasteiger partial charge is 0.459 e. The Labute approximate surface area is 177 Å². The number of nitrogens with one attached hydrogen (secondary N) is 2. The molecule has 1 aliphatic rings. The molecule has 1 aliphatic heterocycles. The van der Waals surface area contributed by atoms with Gasteiger partial charge in [-0.1, -0.05) is 60.1 Å². The first-order valence-corrected chi connectivity index (χ1v) is 9.94. The molecule has 2 atom stereocenters. The predicted octanol–water partition coefficient (Wildman–Crippen LogP) is 4.92. The van der Waals surface area contributed by atoms with Crippen LogP contribution in [-0.2, 0) is 0 Å². The molecule has 8 heteroatoms. The molecule has 0 fully saturated rings. The van der Waals surface area contributed by atoms with Crippen LogP contribution in [0.25, 0.3) is 0 Å². The minimum atomic E-state index is -0.406. The van der Waals surface area contributed by atoms with Crippen molar-refractivity contribution in [2.75, 3.05) is 10.6 Å². The van der Waals surface area contributed by atoms with Crippen molar-refractivity contribution in [2.45, 2.75) is 18.5 Å². The summed E-state index contributed by atoms with van der Waals surface area (Å²) in [5.41, 5.74) is 2.10. The molecular formula is C22H18ClN5O2. The number of hydrogen-bond donors (Lipinski definition) is 2. The molecule has 1 amide bonds. The van der Waals surface area contributed by atoms with Crippen LogP contribution in [0.3, 0.4) is 0 Å². The summed E-state index contributed by atoms with van der Waals surface area (Å²) in [6.45, 7) is 0. The van der Waals surface area contributed by atoms with Gasteiger partial charge < -0.3 is 9.73 Å². The Kier molecular flexibility index (Phi) is 4.72. The molecule has 2 unspecified atom stereocenters. The van der Waals surface area contributed by atoms with Gasteiger partial charge in [0.15, 0.2) is 5.76 Å². The van der Waals surface area contributed by atoms with E-state index in [2.05, 4.69) is 32.8 Å². The maximum absolute atomic E-state index is 12.3. The summed E-state index contributed by atoms with van der Waals surface area (Å²) in [5.74, 6) is 0.553. The number of carbonyl (C=O) groups is 1. The molecule has 0 bridgehead atoms. The van der Waals surface area contributed by atoms with Gasteiger partial charge in [0.2, 0.25) is 5.95 Å². The first-order chi connectivity index (χ1) is 14.7. The van der Waals surface area contributed by atoms with Crippen LogP contribution >= 0.6 is 11.6 Å². The highest BCUT2D eigenvalue weighted by atomic mass is 35.5. The lowest BCUT2D eigenvalue weighted by Gasteiger charge is -2.32. The maximum atomic E-state index is 12.3. The van der Waals surface area contributed by atoms with Crippen molar-refractivity contribution in [2.24, 2.45) is 0 Å². The number of rotatable bonds is 4. The summed E-state index contributed by atoms with van der Waals surface area (Å²) in [7, 11) is 0. The molecule has 3 heterocycles. The monoisotopic (exact) mass is 419 g/mol. The van der Waals surface area contributed by atoms with Crippen LogP contribution in [0.4, 0.5) is 11.9 Å². The van der Waals surface area contributed by atoms with Gasteiger partial charge in [-0.25, -0.2) is 4.68 Å². The molecule has 30 heavy (non-hydrogen) atoms. The van der Waals surface area contributed by atoms with E-state index in [0.29, 0.717) is 11.0 Å². The fourth-order valence-electron chi connectivity index (χ4n) is 3.71. The van der Waals surface area contributed by atoms with Crippen LogP contribution in [0.5, 0.6) is 0 Å². The first kappa shape index (κ1) is 18.4. The van der Waals surface area contributed by atoms with Gasteiger partial charge in [-0.2, -0.15) is 4.98 Å². The number of amides is 1. The van der Waals surface area contributed by atoms with Gasteiger partial charge in [-0.05, 0) is 35.7 Å². The summed E-state index contributed by atoms with van der Waals surface area (Å²) >= 11 is 6.51. The van der Waals surface area contributed by atoms with Crippen molar-refractivity contribution in [3.63, 3.8) is 0 Å². The number of hydrogen-bond acceptors (Lipinski definition) is 5. The number of anilines is 2. The normalized spacial score (nSPS) is 17.8. The van der Waals surface area contributed by atoms with Crippen LogP contribution in [0.1, 0.15) is 40.2 Å². The lowest BCUT2D eigenvalue weighted by molar-refractivity contribution is 0.0995. The quantitative estimate of drug-likeness (QED) is 0.490. The van der Waals surface area contributed by atoms with Crippen molar-refractivity contribution < 1.29 is 9.21 Å². The van der Waals surface area contributed by atoms with Crippen molar-refractivity contribution in [1.29, 1.82) is 0 Å². The van der Waals surface area contributed by atoms with Crippen molar-refractivity contribution in [3.8, 4) is 0 Å². The SMILES string of the molecule is O=C(Nc1nc2n(n1)C(c1ccccc1Cl)CC(c1ccccc1)N2)c1ccco1. The minimum absolute atomic E-state index is 0.0257. The number of nitrogens with zero attached hydrogens (tertiary/aromatic N) is 3. The molecule has 0 saturated heterocycles. The maximum Gasteiger partial charge on any atom is 0.293 e. The molecule has 2 aromatic carbocycles. The van der Waals surface area contributed by atoms with Crippen LogP contribution in [0.15, 0.2) is 77.4 Å². The molecule has 2 N–H and O–H groups in total. The summed E-state index contributed by atoms with van der Waals surface area (Å²) in [4.78, 5) is 16.8. The third kappa shape index (κ3) is 3.44. The van der Waals surface area contributed by atoms with Gasteiger partial charge in [0, 0.05) is 5.02 Å². The fourth-order valence-corrected chi connectivity index (χ4v) is 3.97. The van der Waals surface area contributed by atoms with Crippen LogP contribution < -0.4 is 10.6 Å². The topological polar surface area (TPSA) is 85.0 Å². The van der Waals surface area contributed by atoms with Gasteiger partial charge in [0.1, 0.15) is 0 Å². The smallest absolute Gasteiger partial charge is 0.293 e. The van der Waals surface area contributed by atoms with E-state index in [1.54, 1.807) is 16.8 Å². The number of benzene rings is 2. The van der Waals surface area contributed by atoms with Gasteiger partial charge in [0.05, 0.1) is 18.3 Å². The Balaban J connectivity index is 1.52. The molecular weight excluding hydrogens is 402 g/mol. The summed E-state index contributed by atoms with van der Waals surface area (Å²) < 4.78 is 6.92. The second-order valence-electron chi connectivity index (χ2n) is 7.02. The van der Waals surface area contributed by atoms with Gasteiger partial charge in [0.25, 0.3) is 11.9 Å². The van der Waals surface area contributed by atoms with E-state index in [1.165, 1.54) is 6.26 Å². The second-order valence-corrected chi connectivity index (χ2v) is 7.42. The van der Waals surface area contributed by atoms with E-state index >= 15 is 0 Å². The molecule has 0 aliphatic carbocycles. The first-order valence-electron chi connectivity index (χ1n) is 9.56. The minimum Gasteiger partial charge on any atom is -0.459 e. The summed E-state index contributed by atoms with van der Waals surface area (Å²) in [5, 5.41) is 11.3. The lowest BCUT2D eigenvalue weighted by atomic mass is 9.93. The Morgan fingerprint density at radius 2 is 1.90 bits per heavy atom. The molecule has 0 radical (unpaired) electrons. The van der Waals surface area contributed by atoms with E-state index in [4.69, 9.17) is 16.0 Å². The highest BCUT2D eigenvalue weighted by molar-refractivity contribution is 6.31. The van der Waals surface area contributed by atoms with Crippen molar-refractivity contribution in [3.05, 3.63) is 94.9 Å². The molecule has 150 valence electrons. The van der Waals surface area contributed by atoms with E-state index < -0.39 is 5.91 Å². The Morgan fingerprint density at radius 1 is 1.10 bits per heavy atom. The fraction of sp³-hybridized carbons (Fsp3) is 0.136. The lowest BCUT2D eigenvalue weighted by Crippen LogP contribution is -2.28. The third-order valence-electron chi connectivity index (χ3n) is 5.13. The molecule has 2 aromatic heterocycles. The molecule has 7 nitrogen and oxygen atoms in total. The van der Waals surface area contributed by atoms with Crippen LogP contribution in [0.2, 0.25) is 5.02 Å². The standard InChI is InChI=1S/C22H18ClN5O2/c23-16-10-5-4-9-15(16)18-13-17(14-7-2-1-3-8-14)24-22-26-21(27-28(18)22)25-20(29)19-11-6-12-30-19/h1-12,17-18H,13H2,(H2,24,25,26,27,29). The second kappa shape index (κ2) is 7.68. The van der Waals surface area contributed by atoms with Crippen LogP contribution in [-0.4, -0.2) is 20.7 Å². The third-order valence-corrected chi connectivity index (χ3v) is 5.47. The van der Waals surface area contributed by atoms with Crippen molar-refractivity contribution >= 4 is 29.4 Å². The van der Waals surface area contributed by atoms with E-state index in [-0.39, 0.29) is 23.8 Å². The predicted molar refractivity (Wildman–Crippen MR) is 114 cm³/mol. The molecule has 5 rings (SSSR count). The highest BCUT2D eigenvalue weighted by Crippen LogP contribution is 2.40. The zero-order valence-corrected chi connectivity index (χ0v) is 16.6.